The predicted molar refractivity (Wildman–Crippen MR) is 105 cm³/mol. The summed E-state index contributed by atoms with van der Waals surface area (Å²) >= 11 is 0. The zero-order valence-corrected chi connectivity index (χ0v) is 19.4. The van der Waals surface area contributed by atoms with Crippen LogP contribution < -0.4 is 22.5 Å². The Bertz CT molecular complexity index is 548. The van der Waals surface area contributed by atoms with Gasteiger partial charge in [-0.05, 0) is 44.4 Å². The van der Waals surface area contributed by atoms with Crippen molar-refractivity contribution < 1.29 is 39.0 Å². The Labute approximate surface area is 179 Å². The summed E-state index contributed by atoms with van der Waals surface area (Å²) in [7, 11) is 0. The summed E-state index contributed by atoms with van der Waals surface area (Å²) in [5, 5.41) is 11.1. The molecule has 9 heteroatoms. The van der Waals surface area contributed by atoms with E-state index in [0.29, 0.717) is 18.5 Å². The monoisotopic (exact) mass is 444 g/mol. The van der Waals surface area contributed by atoms with Crippen molar-refractivity contribution in [2.45, 2.75) is 51.0 Å². The van der Waals surface area contributed by atoms with Crippen molar-refractivity contribution in [2.75, 3.05) is 13.1 Å². The van der Waals surface area contributed by atoms with E-state index in [9.17, 15) is 14.4 Å². The predicted octanol–water partition coefficient (Wildman–Crippen LogP) is 0.987. The fourth-order valence-electron chi connectivity index (χ4n) is 2.14. The van der Waals surface area contributed by atoms with Crippen LogP contribution in [0.1, 0.15) is 55.3 Å². The first-order chi connectivity index (χ1) is 12.9. The summed E-state index contributed by atoms with van der Waals surface area (Å²) in [6.45, 7) is 1.49. The van der Waals surface area contributed by atoms with Crippen molar-refractivity contribution in [3.8, 4) is 0 Å². The van der Waals surface area contributed by atoms with E-state index in [1.54, 1.807) is 24.3 Å². The van der Waals surface area contributed by atoms with Crippen LogP contribution in [0.15, 0.2) is 30.3 Å². The number of hydrogen-bond acceptors (Lipinski definition) is 5. The van der Waals surface area contributed by atoms with Crippen LogP contribution in [0.4, 0.5) is 0 Å². The Balaban J connectivity index is 0. The van der Waals surface area contributed by atoms with Crippen LogP contribution >= 0.6 is 0 Å². The molecule has 0 aliphatic carbocycles. The molecule has 1 fully saturated rings. The molecule has 1 heterocycles. The number of carboxylic acid groups (broad SMARTS) is 1. The molecule has 1 aromatic carbocycles. The van der Waals surface area contributed by atoms with E-state index >= 15 is 0 Å². The Morgan fingerprint density at radius 1 is 1.11 bits per heavy atom. The third kappa shape index (κ3) is 16.4. The molecule has 1 aliphatic heterocycles. The Hall–Kier alpha value is -1.83. The van der Waals surface area contributed by atoms with E-state index in [-0.39, 0.29) is 31.3 Å². The molecule has 1 aromatic rings. The summed E-state index contributed by atoms with van der Waals surface area (Å²) < 4.78 is 0. The van der Waals surface area contributed by atoms with Crippen LogP contribution in [0, 0.1) is 0 Å². The van der Waals surface area contributed by atoms with Gasteiger partial charge in [0.15, 0.2) is 0 Å². The maximum atomic E-state index is 10.6. The second-order valence-electron chi connectivity index (χ2n) is 6.12. The van der Waals surface area contributed by atoms with Crippen LogP contribution in [0.2, 0.25) is 0 Å². The average molecular weight is 446 g/mol. The molecule has 0 bridgehead atoms. The third-order valence-electron chi connectivity index (χ3n) is 3.75. The van der Waals surface area contributed by atoms with E-state index in [2.05, 4.69) is 5.32 Å². The smallest absolute Gasteiger partial charge is 0.320 e. The number of rotatable bonds is 6. The second kappa shape index (κ2) is 18.5. The largest absolute Gasteiger partial charge is 0.480 e. The van der Waals surface area contributed by atoms with Crippen molar-refractivity contribution in [3.05, 3.63) is 35.9 Å². The van der Waals surface area contributed by atoms with E-state index in [4.69, 9.17) is 22.3 Å². The topological polar surface area (TPSA) is 162 Å². The van der Waals surface area contributed by atoms with Gasteiger partial charge in [0.2, 0.25) is 11.8 Å². The Morgan fingerprint density at radius 2 is 1.75 bits per heavy atom. The number of primary amides is 1. The number of unbranched alkanes of at least 4 members (excludes halogenated alkanes) is 1. The van der Waals surface area contributed by atoms with Crippen LogP contribution in [0.3, 0.4) is 0 Å². The molecule has 0 spiro atoms. The minimum atomic E-state index is -0.933. The minimum Gasteiger partial charge on any atom is -0.480 e. The molecular formula is C19H32N4O4Zn. The van der Waals surface area contributed by atoms with Crippen molar-refractivity contribution >= 4 is 17.8 Å². The first-order valence-electron chi connectivity index (χ1n) is 9.18. The van der Waals surface area contributed by atoms with Gasteiger partial charge in [-0.15, -0.1) is 0 Å². The number of carbonyl (C=O) groups excluding carboxylic acids is 2. The summed E-state index contributed by atoms with van der Waals surface area (Å²) in [4.78, 5) is 31.1. The number of benzene rings is 1. The van der Waals surface area contributed by atoms with Gasteiger partial charge in [0.25, 0.3) is 0 Å². The zero-order chi connectivity index (χ0) is 20.5. The fourth-order valence-corrected chi connectivity index (χ4v) is 2.14. The molecule has 2 rings (SSSR count). The number of nitrogens with two attached hydrogens (primary N) is 3. The molecular weight excluding hydrogens is 414 g/mol. The van der Waals surface area contributed by atoms with Gasteiger partial charge in [0.05, 0.1) is 0 Å². The first kappa shape index (κ1) is 28.4. The Kier molecular flexibility index (Phi) is 18.8. The van der Waals surface area contributed by atoms with Crippen LogP contribution in [0.25, 0.3) is 0 Å². The number of carbonyl (C=O) groups is 3. The van der Waals surface area contributed by atoms with Gasteiger partial charge < -0.3 is 27.6 Å². The molecule has 0 radical (unpaired) electrons. The summed E-state index contributed by atoms with van der Waals surface area (Å²) in [6, 6.07) is 8.05. The summed E-state index contributed by atoms with van der Waals surface area (Å²) in [5.74, 6) is -1.09. The van der Waals surface area contributed by atoms with Crippen LogP contribution in [0.5, 0.6) is 0 Å². The summed E-state index contributed by atoms with van der Waals surface area (Å²) in [6.07, 6.45) is 6.34. The minimum absolute atomic E-state index is 0. The molecule has 2 amide bonds. The molecule has 1 atom stereocenters. The van der Waals surface area contributed by atoms with Crippen molar-refractivity contribution in [2.24, 2.45) is 17.2 Å². The molecule has 1 aliphatic rings. The van der Waals surface area contributed by atoms with E-state index < -0.39 is 12.0 Å². The maximum Gasteiger partial charge on any atom is 0.320 e. The summed E-state index contributed by atoms with van der Waals surface area (Å²) in [5.41, 5.74) is 15.9. The number of nitrogens with one attached hydrogen (secondary N) is 1. The number of aliphatic carboxylic acids is 1. The Morgan fingerprint density at radius 3 is 2.25 bits per heavy atom. The molecule has 1 saturated heterocycles. The SMILES string of the molecule is NC(=O)c1ccccc1.NCCCCC(N)C(=O)O.O=C1CCCCCN1.[Zn]. The van der Waals surface area contributed by atoms with E-state index in [1.807, 2.05) is 6.07 Å². The number of hydrogen-bond donors (Lipinski definition) is 5. The van der Waals surface area contributed by atoms with Crippen LogP contribution in [-0.2, 0) is 29.1 Å². The average Bonchev–Trinajstić information content (AvgIpc) is 2.91. The van der Waals surface area contributed by atoms with E-state index in [0.717, 1.165) is 38.6 Å². The molecule has 28 heavy (non-hydrogen) atoms. The molecule has 1 unspecified atom stereocenters. The number of amides is 2. The first-order valence-corrected chi connectivity index (χ1v) is 9.18. The molecule has 8 N–H and O–H groups in total. The van der Waals surface area contributed by atoms with Gasteiger partial charge in [-0.3, -0.25) is 14.4 Å². The molecule has 8 nitrogen and oxygen atoms in total. The van der Waals surface area contributed by atoms with Gasteiger partial charge in [0.1, 0.15) is 6.04 Å². The van der Waals surface area contributed by atoms with Gasteiger partial charge in [0, 0.05) is 38.0 Å². The maximum absolute atomic E-state index is 10.6. The van der Waals surface area contributed by atoms with Gasteiger partial charge >= 0.3 is 5.97 Å². The van der Waals surface area contributed by atoms with E-state index in [1.165, 1.54) is 6.42 Å². The normalized spacial score (nSPS) is 13.7. The zero-order valence-electron chi connectivity index (χ0n) is 16.4. The van der Waals surface area contributed by atoms with Crippen molar-refractivity contribution in [1.82, 2.24) is 5.32 Å². The van der Waals surface area contributed by atoms with Crippen LogP contribution in [-0.4, -0.2) is 42.0 Å². The standard InChI is InChI=1S/C7H7NO.C6H14N2O2.C6H11NO.Zn/c8-7(9)6-4-2-1-3-5-6;7-4-2-1-3-5(8)6(9)10;8-6-4-2-1-3-5-7-6;/h1-5H,(H2,8,9);5H,1-4,7-8H2,(H,9,10);1-5H2,(H,7,8);. The van der Waals surface area contributed by atoms with Crippen molar-refractivity contribution in [1.29, 1.82) is 0 Å². The quantitative estimate of drug-likeness (QED) is 0.324. The molecule has 0 aromatic heterocycles. The third-order valence-corrected chi connectivity index (χ3v) is 3.75. The number of carboxylic acids is 1. The van der Waals surface area contributed by atoms with Crippen molar-refractivity contribution in [3.63, 3.8) is 0 Å². The molecule has 0 saturated carbocycles. The van der Waals surface area contributed by atoms with Gasteiger partial charge in [-0.2, -0.15) is 0 Å². The van der Waals surface area contributed by atoms with Gasteiger partial charge in [-0.1, -0.05) is 31.0 Å². The fraction of sp³-hybridized carbons (Fsp3) is 0.526. The molecule has 154 valence electrons. The second-order valence-corrected chi connectivity index (χ2v) is 6.12. The van der Waals surface area contributed by atoms with Gasteiger partial charge in [-0.25, -0.2) is 0 Å².